The van der Waals surface area contributed by atoms with Crippen LogP contribution in [-0.2, 0) is 20.8 Å². The lowest BCUT2D eigenvalue weighted by Crippen LogP contribution is -2.52. The van der Waals surface area contributed by atoms with Crippen LogP contribution in [0.25, 0.3) is 0 Å². The second-order valence-electron chi connectivity index (χ2n) is 10.6. The van der Waals surface area contributed by atoms with Gasteiger partial charge >= 0.3 is 0 Å². The Morgan fingerprint density at radius 2 is 2.00 bits per heavy atom. The smallest absolute Gasteiger partial charge is 0.245 e. The fourth-order valence-corrected chi connectivity index (χ4v) is 7.88. The minimum atomic E-state index is -1.86. The topological polar surface area (TPSA) is 125 Å². The molecule has 8 nitrogen and oxygen atoms in total. The zero-order valence-electron chi connectivity index (χ0n) is 21.4. The highest BCUT2D eigenvalue weighted by molar-refractivity contribution is 8.00. The normalized spacial score (nSPS) is 21.4. The molecular weight excluding hydrogens is 571 g/mol. The van der Waals surface area contributed by atoms with Gasteiger partial charge < -0.3 is 11.1 Å². The maximum atomic E-state index is 14.6. The average molecular weight is 593 g/mol. The van der Waals surface area contributed by atoms with Crippen molar-refractivity contribution in [2.45, 2.75) is 42.2 Å². The van der Waals surface area contributed by atoms with E-state index in [0.29, 0.717) is 38.1 Å². The number of carbonyl (C=O) groups is 2. The molecule has 202 valence electrons. The van der Waals surface area contributed by atoms with Gasteiger partial charge in [0.25, 0.3) is 0 Å². The fourth-order valence-electron chi connectivity index (χ4n) is 5.72. The molecule has 2 aliphatic heterocycles. The highest BCUT2D eigenvalue weighted by Crippen LogP contribution is 2.57. The molecule has 1 spiro atoms. The van der Waals surface area contributed by atoms with Gasteiger partial charge in [0.15, 0.2) is 10.1 Å². The Labute approximate surface area is 242 Å². The summed E-state index contributed by atoms with van der Waals surface area (Å²) >= 11 is 9.00. The van der Waals surface area contributed by atoms with Crippen molar-refractivity contribution in [1.82, 2.24) is 10.2 Å². The molecule has 3 N–H and O–H groups in total. The predicted octanol–water partition coefficient (Wildman–Crippen LogP) is 5.67. The Bertz CT molecular complexity index is 1730. The van der Waals surface area contributed by atoms with Gasteiger partial charge in [0.05, 0.1) is 5.57 Å². The van der Waals surface area contributed by atoms with E-state index in [1.54, 1.807) is 4.90 Å². The summed E-state index contributed by atoms with van der Waals surface area (Å²) in [4.78, 5) is 29.2. The van der Waals surface area contributed by atoms with Gasteiger partial charge in [-0.25, -0.2) is 4.39 Å². The van der Waals surface area contributed by atoms with Crippen molar-refractivity contribution in [3.05, 3.63) is 87.1 Å². The number of nitriles is 1. The molecule has 0 saturated heterocycles. The molecule has 1 amide bonds. The number of aromatic nitrogens is 2. The standard InChI is InChI=1S/C28H22ClFN6O2S2/c1-27(2)10-20-22(21(37)11-27)28(16-9-15(30)7-8-19(16)33-24(28)38)17(12-31)23(32)36(20)25-34-35-26(40-25)39-13-14-5-3-4-6-18(14)29/h3-9H,10-11,13,32H2,1-2H3,(H,33,38). The molecule has 1 atom stereocenters. The SMILES string of the molecule is CC1(C)CC(=O)C2=C(C1)N(c1nnc(SCc3ccccc3Cl)s1)C(N)=C(C#N)C21C(=O)Nc2ccc(F)cc21. The van der Waals surface area contributed by atoms with Crippen molar-refractivity contribution < 1.29 is 14.0 Å². The highest BCUT2D eigenvalue weighted by Gasteiger charge is 2.61. The minimum absolute atomic E-state index is 0.0437. The molecule has 12 heteroatoms. The lowest BCUT2D eigenvalue weighted by atomic mass is 9.61. The number of amides is 1. The number of nitrogens with one attached hydrogen (secondary N) is 1. The Kier molecular flexibility index (Phi) is 6.25. The summed E-state index contributed by atoms with van der Waals surface area (Å²) in [6, 6.07) is 13.5. The van der Waals surface area contributed by atoms with Crippen LogP contribution in [0, 0.1) is 22.6 Å². The summed E-state index contributed by atoms with van der Waals surface area (Å²) in [5.74, 6) is -0.989. The van der Waals surface area contributed by atoms with Gasteiger partial charge in [0, 0.05) is 39.7 Å². The van der Waals surface area contributed by atoms with Crippen LogP contribution in [0.2, 0.25) is 5.02 Å². The van der Waals surface area contributed by atoms with Crippen molar-refractivity contribution in [2.24, 2.45) is 11.1 Å². The van der Waals surface area contributed by atoms with Gasteiger partial charge in [-0.3, -0.25) is 14.5 Å². The second-order valence-corrected chi connectivity index (χ2v) is 13.2. The van der Waals surface area contributed by atoms with Gasteiger partial charge in [-0.2, -0.15) is 5.26 Å². The third kappa shape index (κ3) is 3.93. The minimum Gasteiger partial charge on any atom is -0.384 e. The van der Waals surface area contributed by atoms with Crippen LogP contribution in [-0.4, -0.2) is 21.9 Å². The van der Waals surface area contributed by atoms with Crippen molar-refractivity contribution in [2.75, 3.05) is 10.2 Å². The highest BCUT2D eigenvalue weighted by atomic mass is 35.5. The summed E-state index contributed by atoms with van der Waals surface area (Å²) in [6.45, 7) is 3.90. The first-order valence-corrected chi connectivity index (χ1v) is 14.5. The number of hydrogen-bond donors (Lipinski definition) is 2. The van der Waals surface area contributed by atoms with Gasteiger partial charge in [-0.1, -0.05) is 66.7 Å². The van der Waals surface area contributed by atoms with E-state index in [4.69, 9.17) is 17.3 Å². The number of carbonyl (C=O) groups excluding carboxylic acids is 2. The summed E-state index contributed by atoms with van der Waals surface area (Å²) in [6.07, 6.45) is 0.516. The number of anilines is 2. The molecule has 0 radical (unpaired) electrons. The molecule has 0 saturated carbocycles. The molecular formula is C28H22ClFN6O2S2. The third-order valence-corrected chi connectivity index (χ3v) is 9.81. The predicted molar refractivity (Wildman–Crippen MR) is 152 cm³/mol. The first kappa shape index (κ1) is 26.5. The number of allylic oxidation sites excluding steroid dienone is 1. The summed E-state index contributed by atoms with van der Waals surface area (Å²) in [5, 5.41) is 22.8. The number of benzene rings is 2. The first-order valence-electron chi connectivity index (χ1n) is 12.4. The number of halogens is 2. The van der Waals surface area contributed by atoms with E-state index < -0.39 is 22.6 Å². The Hall–Kier alpha value is -3.72. The maximum Gasteiger partial charge on any atom is 0.245 e. The molecule has 3 aromatic rings. The van der Waals surface area contributed by atoms with Crippen LogP contribution in [0.3, 0.4) is 0 Å². The molecule has 2 aromatic carbocycles. The number of rotatable bonds is 4. The second kappa shape index (κ2) is 9.44. The summed E-state index contributed by atoms with van der Waals surface area (Å²) < 4.78 is 15.2. The van der Waals surface area contributed by atoms with Crippen LogP contribution < -0.4 is 16.0 Å². The zero-order chi connectivity index (χ0) is 28.4. The monoisotopic (exact) mass is 592 g/mol. The van der Waals surface area contributed by atoms with Crippen LogP contribution in [0.4, 0.5) is 15.2 Å². The van der Waals surface area contributed by atoms with E-state index in [9.17, 15) is 19.2 Å². The number of Topliss-reactive ketones (excluding diaryl/α,β-unsaturated/α-hetero) is 1. The van der Waals surface area contributed by atoms with Crippen molar-refractivity contribution >= 4 is 57.2 Å². The lowest BCUT2D eigenvalue weighted by molar-refractivity contribution is -0.123. The van der Waals surface area contributed by atoms with Gasteiger partial charge in [0.1, 0.15) is 23.1 Å². The fraction of sp³-hybridized carbons (Fsp3) is 0.250. The number of nitrogens with two attached hydrogens (primary N) is 1. The molecule has 6 rings (SSSR count). The molecule has 3 heterocycles. The van der Waals surface area contributed by atoms with E-state index in [2.05, 4.69) is 21.6 Å². The van der Waals surface area contributed by atoms with Crippen LogP contribution in [0.5, 0.6) is 0 Å². The quantitative estimate of drug-likeness (QED) is 0.371. The van der Waals surface area contributed by atoms with E-state index in [1.165, 1.54) is 41.3 Å². The zero-order valence-corrected chi connectivity index (χ0v) is 23.8. The Morgan fingerprint density at radius 3 is 2.75 bits per heavy atom. The number of fused-ring (bicyclic) bond motifs is 3. The average Bonchev–Trinajstić information content (AvgIpc) is 3.46. The molecule has 1 unspecified atom stereocenters. The number of thioether (sulfide) groups is 1. The Balaban J connectivity index is 1.51. The first-order chi connectivity index (χ1) is 19.1. The van der Waals surface area contributed by atoms with E-state index in [0.717, 1.165) is 5.56 Å². The van der Waals surface area contributed by atoms with Crippen molar-refractivity contribution in [3.8, 4) is 6.07 Å². The van der Waals surface area contributed by atoms with Crippen LogP contribution in [0.1, 0.15) is 37.8 Å². The number of hydrogen-bond acceptors (Lipinski definition) is 9. The molecule has 0 fully saturated rings. The van der Waals surface area contributed by atoms with Crippen molar-refractivity contribution in [1.29, 1.82) is 5.26 Å². The van der Waals surface area contributed by atoms with Crippen molar-refractivity contribution in [3.63, 3.8) is 0 Å². The molecule has 40 heavy (non-hydrogen) atoms. The van der Waals surface area contributed by atoms with Crippen LogP contribution >= 0.6 is 34.7 Å². The maximum absolute atomic E-state index is 14.6. The molecule has 1 aliphatic carbocycles. The van der Waals surface area contributed by atoms with E-state index >= 15 is 0 Å². The lowest BCUT2D eigenvalue weighted by Gasteiger charge is -2.45. The third-order valence-electron chi connectivity index (χ3n) is 7.35. The summed E-state index contributed by atoms with van der Waals surface area (Å²) in [7, 11) is 0. The molecule has 1 aromatic heterocycles. The van der Waals surface area contributed by atoms with E-state index in [1.807, 2.05) is 38.1 Å². The summed E-state index contributed by atoms with van der Waals surface area (Å²) in [5.41, 5.74) is 6.28. The van der Waals surface area contributed by atoms with Crippen LogP contribution in [0.15, 0.2) is 69.5 Å². The molecule has 3 aliphatic rings. The van der Waals surface area contributed by atoms with Gasteiger partial charge in [-0.05, 0) is 41.7 Å². The Morgan fingerprint density at radius 1 is 1.23 bits per heavy atom. The largest absolute Gasteiger partial charge is 0.384 e. The van der Waals surface area contributed by atoms with E-state index in [-0.39, 0.29) is 34.7 Å². The number of ketones is 1. The molecule has 0 bridgehead atoms. The number of nitrogens with zero attached hydrogens (tertiary/aromatic N) is 4. The van der Waals surface area contributed by atoms with Gasteiger partial charge in [0.2, 0.25) is 11.0 Å². The van der Waals surface area contributed by atoms with Gasteiger partial charge in [-0.15, -0.1) is 10.2 Å².